The second-order valence-electron chi connectivity index (χ2n) is 6.01. The molecule has 3 amide bonds. The van der Waals surface area contributed by atoms with Crippen LogP contribution in [0.2, 0.25) is 5.02 Å². The van der Waals surface area contributed by atoms with Gasteiger partial charge in [0.1, 0.15) is 0 Å². The van der Waals surface area contributed by atoms with Gasteiger partial charge in [-0.25, -0.2) is 4.79 Å². The third-order valence-electron chi connectivity index (χ3n) is 4.08. The highest BCUT2D eigenvalue weighted by Crippen LogP contribution is 2.29. The summed E-state index contributed by atoms with van der Waals surface area (Å²) < 4.78 is 0. The first-order valence-electron chi connectivity index (χ1n) is 7.62. The SMILES string of the molecule is CC1(C(=O)O)CCN(C(=O)NCCNC(=O)c2ccccc2Cl)C1. The molecule has 7 nitrogen and oxygen atoms in total. The van der Waals surface area contributed by atoms with Gasteiger partial charge in [-0.2, -0.15) is 0 Å². The van der Waals surface area contributed by atoms with Gasteiger partial charge in [0.05, 0.1) is 16.0 Å². The van der Waals surface area contributed by atoms with Crippen molar-refractivity contribution in [1.82, 2.24) is 15.5 Å². The van der Waals surface area contributed by atoms with Crippen LogP contribution in [0.3, 0.4) is 0 Å². The molecule has 1 atom stereocenters. The number of nitrogens with one attached hydrogen (secondary N) is 2. The Morgan fingerprint density at radius 3 is 2.54 bits per heavy atom. The van der Waals surface area contributed by atoms with E-state index in [9.17, 15) is 14.4 Å². The predicted molar refractivity (Wildman–Crippen MR) is 89.1 cm³/mol. The maximum absolute atomic E-state index is 12.0. The molecule has 0 spiro atoms. The first-order chi connectivity index (χ1) is 11.3. The monoisotopic (exact) mass is 353 g/mol. The molecule has 130 valence electrons. The van der Waals surface area contributed by atoms with Gasteiger partial charge in [-0.15, -0.1) is 0 Å². The minimum Gasteiger partial charge on any atom is -0.481 e. The Kier molecular flexibility index (Phi) is 5.66. The van der Waals surface area contributed by atoms with E-state index in [0.717, 1.165) is 0 Å². The Morgan fingerprint density at radius 2 is 1.92 bits per heavy atom. The number of carboxylic acid groups (broad SMARTS) is 1. The molecule has 3 N–H and O–H groups in total. The van der Waals surface area contributed by atoms with Crippen molar-refractivity contribution in [3.05, 3.63) is 34.9 Å². The Morgan fingerprint density at radius 1 is 1.25 bits per heavy atom. The van der Waals surface area contributed by atoms with Gasteiger partial charge in [-0.3, -0.25) is 9.59 Å². The first-order valence-corrected chi connectivity index (χ1v) is 8.00. The maximum atomic E-state index is 12.0. The molecular formula is C16H20ClN3O4. The lowest BCUT2D eigenvalue weighted by atomic mass is 9.90. The summed E-state index contributed by atoms with van der Waals surface area (Å²) in [7, 11) is 0. The fourth-order valence-electron chi connectivity index (χ4n) is 2.51. The van der Waals surface area contributed by atoms with E-state index in [1.54, 1.807) is 31.2 Å². The smallest absolute Gasteiger partial charge is 0.317 e. The molecule has 1 fully saturated rings. The van der Waals surface area contributed by atoms with Crippen molar-refractivity contribution in [1.29, 1.82) is 0 Å². The fraction of sp³-hybridized carbons (Fsp3) is 0.438. The number of halogens is 1. The first kappa shape index (κ1) is 18.1. The van der Waals surface area contributed by atoms with Crippen molar-refractivity contribution < 1.29 is 19.5 Å². The Labute approximate surface area is 145 Å². The molecule has 24 heavy (non-hydrogen) atoms. The minimum atomic E-state index is -0.898. The highest BCUT2D eigenvalue weighted by molar-refractivity contribution is 6.33. The summed E-state index contributed by atoms with van der Waals surface area (Å²) in [6.45, 7) is 2.71. The van der Waals surface area contributed by atoms with Crippen molar-refractivity contribution in [3.63, 3.8) is 0 Å². The van der Waals surface area contributed by atoms with Gasteiger partial charge >= 0.3 is 12.0 Å². The van der Waals surface area contributed by atoms with Crippen LogP contribution >= 0.6 is 11.6 Å². The van der Waals surface area contributed by atoms with Crippen LogP contribution in [0.4, 0.5) is 4.79 Å². The highest BCUT2D eigenvalue weighted by Gasteiger charge is 2.42. The number of aliphatic carboxylic acids is 1. The number of rotatable bonds is 5. The summed E-state index contributed by atoms with van der Waals surface area (Å²) >= 11 is 5.94. The van der Waals surface area contributed by atoms with E-state index in [1.165, 1.54) is 4.90 Å². The number of hydrogen-bond donors (Lipinski definition) is 3. The van der Waals surface area contributed by atoms with Crippen LogP contribution in [0.5, 0.6) is 0 Å². The van der Waals surface area contributed by atoms with Gasteiger partial charge in [0.15, 0.2) is 0 Å². The van der Waals surface area contributed by atoms with Crippen LogP contribution in [-0.4, -0.2) is 54.1 Å². The van der Waals surface area contributed by atoms with E-state index in [2.05, 4.69) is 10.6 Å². The van der Waals surface area contributed by atoms with Crippen LogP contribution in [0, 0.1) is 5.41 Å². The normalized spacial score (nSPS) is 19.8. The number of nitrogens with zero attached hydrogens (tertiary/aromatic N) is 1. The van der Waals surface area contributed by atoms with Gasteiger partial charge in [0.2, 0.25) is 0 Å². The average molecular weight is 354 g/mol. The maximum Gasteiger partial charge on any atom is 0.317 e. The largest absolute Gasteiger partial charge is 0.481 e. The number of carbonyl (C=O) groups excluding carboxylic acids is 2. The van der Waals surface area contributed by atoms with Crippen LogP contribution in [-0.2, 0) is 4.79 Å². The zero-order chi connectivity index (χ0) is 17.7. The van der Waals surface area contributed by atoms with Crippen molar-refractivity contribution in [2.75, 3.05) is 26.2 Å². The highest BCUT2D eigenvalue weighted by atomic mass is 35.5. The Bertz CT molecular complexity index is 652. The molecule has 0 aromatic heterocycles. The van der Waals surface area contributed by atoms with E-state index < -0.39 is 11.4 Å². The Balaban J connectivity index is 1.73. The lowest BCUT2D eigenvalue weighted by molar-refractivity contribution is -0.147. The van der Waals surface area contributed by atoms with Crippen molar-refractivity contribution >= 4 is 29.5 Å². The second-order valence-corrected chi connectivity index (χ2v) is 6.41. The summed E-state index contributed by atoms with van der Waals surface area (Å²) in [5.41, 5.74) is -0.516. The molecule has 1 aromatic rings. The molecule has 0 bridgehead atoms. The number of hydrogen-bond acceptors (Lipinski definition) is 3. The molecule has 1 aliphatic rings. The van der Waals surface area contributed by atoms with Crippen LogP contribution in [0.1, 0.15) is 23.7 Å². The topological polar surface area (TPSA) is 98.7 Å². The average Bonchev–Trinajstić information content (AvgIpc) is 2.95. The van der Waals surface area contributed by atoms with E-state index >= 15 is 0 Å². The zero-order valence-corrected chi connectivity index (χ0v) is 14.1. The predicted octanol–water partition coefficient (Wildman–Crippen LogP) is 1.58. The van der Waals surface area contributed by atoms with Gasteiger partial charge in [-0.05, 0) is 25.5 Å². The molecule has 1 aliphatic heterocycles. The van der Waals surface area contributed by atoms with Crippen molar-refractivity contribution in [2.24, 2.45) is 5.41 Å². The standard InChI is InChI=1S/C16H20ClN3O4/c1-16(14(22)23)6-9-20(10-16)15(24)19-8-7-18-13(21)11-4-2-3-5-12(11)17/h2-5H,6-10H2,1H3,(H,18,21)(H,19,24)(H,22,23). The summed E-state index contributed by atoms with van der Waals surface area (Å²) in [5, 5.41) is 14.9. The molecule has 0 saturated carbocycles. The van der Waals surface area contributed by atoms with Crippen molar-refractivity contribution in [3.8, 4) is 0 Å². The van der Waals surface area contributed by atoms with Gasteiger partial charge in [-0.1, -0.05) is 23.7 Å². The number of benzene rings is 1. The number of carboxylic acids is 1. The van der Waals surface area contributed by atoms with E-state index in [1.807, 2.05) is 0 Å². The minimum absolute atomic E-state index is 0.181. The molecule has 1 heterocycles. The van der Waals surface area contributed by atoms with Crippen LogP contribution in [0.15, 0.2) is 24.3 Å². The molecular weight excluding hydrogens is 334 g/mol. The number of urea groups is 1. The third-order valence-corrected chi connectivity index (χ3v) is 4.41. The van der Waals surface area contributed by atoms with E-state index in [-0.39, 0.29) is 31.6 Å². The number of carbonyl (C=O) groups is 3. The Hall–Kier alpha value is -2.28. The van der Waals surface area contributed by atoms with Gasteiger partial charge in [0.25, 0.3) is 5.91 Å². The summed E-state index contributed by atoms with van der Waals surface area (Å²) in [5.74, 6) is -1.21. The number of likely N-dealkylation sites (tertiary alicyclic amines) is 1. The number of amides is 3. The molecule has 0 radical (unpaired) electrons. The van der Waals surface area contributed by atoms with Crippen molar-refractivity contribution in [2.45, 2.75) is 13.3 Å². The van der Waals surface area contributed by atoms with Crippen LogP contribution in [0.25, 0.3) is 0 Å². The van der Waals surface area contributed by atoms with Gasteiger partial charge < -0.3 is 20.6 Å². The lowest BCUT2D eigenvalue weighted by Gasteiger charge is -2.20. The summed E-state index contributed by atoms with van der Waals surface area (Å²) in [6, 6.07) is 6.38. The fourth-order valence-corrected chi connectivity index (χ4v) is 2.73. The lowest BCUT2D eigenvalue weighted by Crippen LogP contribution is -2.43. The molecule has 2 rings (SSSR count). The second kappa shape index (κ2) is 7.53. The molecule has 1 saturated heterocycles. The summed E-state index contributed by atoms with van der Waals surface area (Å²) in [4.78, 5) is 36.6. The zero-order valence-electron chi connectivity index (χ0n) is 13.3. The molecule has 1 aromatic carbocycles. The molecule has 8 heteroatoms. The quantitative estimate of drug-likeness (QED) is 0.700. The summed E-state index contributed by atoms with van der Waals surface area (Å²) in [6.07, 6.45) is 0.430. The van der Waals surface area contributed by atoms with Crippen LogP contribution < -0.4 is 10.6 Å². The third kappa shape index (κ3) is 4.17. The molecule has 0 aliphatic carbocycles. The van der Waals surface area contributed by atoms with E-state index in [0.29, 0.717) is 23.6 Å². The van der Waals surface area contributed by atoms with Gasteiger partial charge in [0, 0.05) is 26.2 Å². The molecule has 1 unspecified atom stereocenters. The van der Waals surface area contributed by atoms with E-state index in [4.69, 9.17) is 16.7 Å².